The molecule has 0 bridgehead atoms. The molecule has 0 spiro atoms. The number of nitrogens with zero attached hydrogens (tertiary/aromatic N) is 3. The second-order valence-corrected chi connectivity index (χ2v) is 4.77. The van der Waals surface area contributed by atoms with E-state index in [1.165, 1.54) is 0 Å². The maximum atomic E-state index is 10.1. The molecular weight excluding hydrogens is 379 g/mol. The maximum Gasteiger partial charge on any atom is 0.193 e. The maximum absolute atomic E-state index is 10.1. The topological polar surface area (TPSA) is 60.8 Å². The highest BCUT2D eigenvalue weighted by molar-refractivity contribution is 14.0. The Morgan fingerprint density at radius 1 is 1.38 bits per heavy atom. The molecule has 0 aliphatic heterocycles. The summed E-state index contributed by atoms with van der Waals surface area (Å²) in [5, 5.41) is 13.4. The molecule has 2 N–H and O–H groups in total. The highest BCUT2D eigenvalue weighted by atomic mass is 127. The molecule has 0 fully saturated rings. The fourth-order valence-corrected chi connectivity index (χ4v) is 1.83. The van der Waals surface area contributed by atoms with Crippen LogP contribution < -0.4 is 5.32 Å². The highest BCUT2D eigenvalue weighted by Gasteiger charge is 2.09. The standard InChI is InChI=1S/C15H26N4O.HI/c1-4-6-11-19(3)15(17-5-2)18-12-14(20)13-7-9-16-10-8-13;/h7-10,14,20H,4-6,11-12H2,1-3H3,(H,17,18);1H. The van der Waals surface area contributed by atoms with Gasteiger partial charge in [-0.1, -0.05) is 13.3 Å². The van der Waals surface area contributed by atoms with Crippen LogP contribution in [0.15, 0.2) is 29.5 Å². The lowest BCUT2D eigenvalue weighted by atomic mass is 10.1. The fourth-order valence-electron chi connectivity index (χ4n) is 1.83. The number of unbranched alkanes of at least 4 members (excludes halogenated alkanes) is 1. The number of aromatic nitrogens is 1. The van der Waals surface area contributed by atoms with E-state index in [-0.39, 0.29) is 24.0 Å². The zero-order valence-corrected chi connectivity index (χ0v) is 15.4. The lowest BCUT2D eigenvalue weighted by Gasteiger charge is -2.22. The van der Waals surface area contributed by atoms with Crippen molar-refractivity contribution >= 4 is 29.9 Å². The van der Waals surface area contributed by atoms with Crippen molar-refractivity contribution < 1.29 is 5.11 Å². The van der Waals surface area contributed by atoms with Crippen molar-refractivity contribution in [1.29, 1.82) is 0 Å². The molecule has 0 aliphatic carbocycles. The third-order valence-corrected chi connectivity index (χ3v) is 3.05. The first-order chi connectivity index (χ1) is 9.69. The smallest absolute Gasteiger partial charge is 0.193 e. The van der Waals surface area contributed by atoms with Gasteiger partial charge in [-0.2, -0.15) is 0 Å². The normalized spacial score (nSPS) is 12.5. The lowest BCUT2D eigenvalue weighted by Crippen LogP contribution is -2.39. The van der Waals surface area contributed by atoms with Gasteiger partial charge in [0, 0.05) is 32.5 Å². The monoisotopic (exact) mass is 406 g/mol. The second kappa shape index (κ2) is 11.7. The van der Waals surface area contributed by atoms with Crippen LogP contribution >= 0.6 is 24.0 Å². The van der Waals surface area contributed by atoms with Crippen molar-refractivity contribution in [1.82, 2.24) is 15.2 Å². The van der Waals surface area contributed by atoms with E-state index in [9.17, 15) is 5.11 Å². The lowest BCUT2D eigenvalue weighted by molar-refractivity contribution is 0.186. The van der Waals surface area contributed by atoms with E-state index in [1.54, 1.807) is 12.4 Å². The molecule has 0 aromatic carbocycles. The molecule has 5 nitrogen and oxygen atoms in total. The summed E-state index contributed by atoms with van der Waals surface area (Å²) >= 11 is 0. The average Bonchev–Trinajstić information content (AvgIpc) is 2.49. The van der Waals surface area contributed by atoms with Crippen LogP contribution in [-0.2, 0) is 0 Å². The molecule has 1 heterocycles. The number of rotatable bonds is 7. The van der Waals surface area contributed by atoms with Crippen molar-refractivity contribution in [2.24, 2.45) is 4.99 Å². The number of hydrogen-bond acceptors (Lipinski definition) is 3. The zero-order chi connectivity index (χ0) is 14.8. The van der Waals surface area contributed by atoms with Crippen molar-refractivity contribution in [2.75, 3.05) is 26.7 Å². The minimum Gasteiger partial charge on any atom is -0.386 e. The molecule has 0 aliphatic rings. The van der Waals surface area contributed by atoms with Crippen LogP contribution in [0.2, 0.25) is 0 Å². The molecule has 6 heteroatoms. The molecule has 1 rings (SSSR count). The Morgan fingerprint density at radius 3 is 2.62 bits per heavy atom. The van der Waals surface area contributed by atoms with Crippen molar-refractivity contribution in [3.8, 4) is 0 Å². The van der Waals surface area contributed by atoms with Gasteiger partial charge in [0.2, 0.25) is 0 Å². The molecule has 1 aromatic rings. The van der Waals surface area contributed by atoms with Crippen molar-refractivity contribution in [3.05, 3.63) is 30.1 Å². The molecule has 0 amide bonds. The SMILES string of the molecule is CCCCN(C)C(=NCC(O)c1ccncc1)NCC.I. The third kappa shape index (κ3) is 7.61. The Morgan fingerprint density at radius 2 is 2.05 bits per heavy atom. The molecule has 0 saturated carbocycles. The van der Waals surface area contributed by atoms with Gasteiger partial charge in [0.1, 0.15) is 0 Å². The van der Waals surface area contributed by atoms with Crippen LogP contribution in [-0.4, -0.2) is 47.6 Å². The molecule has 1 aromatic heterocycles. The Labute approximate surface area is 144 Å². The Hall–Kier alpha value is -0.890. The van der Waals surface area contributed by atoms with E-state index in [2.05, 4.69) is 27.1 Å². The van der Waals surface area contributed by atoms with Gasteiger partial charge in [-0.05, 0) is 31.0 Å². The number of nitrogens with one attached hydrogen (secondary N) is 1. The zero-order valence-electron chi connectivity index (χ0n) is 13.1. The van der Waals surface area contributed by atoms with Gasteiger partial charge in [0.05, 0.1) is 12.6 Å². The quantitative estimate of drug-likeness (QED) is 0.415. The predicted molar refractivity (Wildman–Crippen MR) is 98.1 cm³/mol. The summed E-state index contributed by atoms with van der Waals surface area (Å²) in [7, 11) is 2.02. The number of aliphatic hydroxyl groups excluding tert-OH is 1. The van der Waals surface area contributed by atoms with Gasteiger partial charge in [-0.3, -0.25) is 9.98 Å². The first kappa shape index (κ1) is 20.1. The average molecular weight is 406 g/mol. The Balaban J connectivity index is 0.00000400. The van der Waals surface area contributed by atoms with E-state index in [4.69, 9.17) is 0 Å². The van der Waals surface area contributed by atoms with E-state index < -0.39 is 6.10 Å². The summed E-state index contributed by atoms with van der Waals surface area (Å²) in [4.78, 5) is 10.6. The minimum atomic E-state index is -0.591. The van der Waals surface area contributed by atoms with Gasteiger partial charge in [0.15, 0.2) is 5.96 Å². The van der Waals surface area contributed by atoms with Gasteiger partial charge in [-0.25, -0.2) is 0 Å². The van der Waals surface area contributed by atoms with Gasteiger partial charge in [-0.15, -0.1) is 24.0 Å². The third-order valence-electron chi connectivity index (χ3n) is 3.05. The summed E-state index contributed by atoms with van der Waals surface area (Å²) in [5.74, 6) is 0.842. The molecule has 1 unspecified atom stereocenters. The number of aliphatic imine (C=N–C) groups is 1. The number of guanidine groups is 1. The summed E-state index contributed by atoms with van der Waals surface area (Å²) < 4.78 is 0. The van der Waals surface area contributed by atoms with E-state index in [1.807, 2.05) is 26.1 Å². The van der Waals surface area contributed by atoms with Crippen LogP contribution in [0.5, 0.6) is 0 Å². The van der Waals surface area contributed by atoms with Crippen LogP contribution in [0.25, 0.3) is 0 Å². The van der Waals surface area contributed by atoms with Crippen LogP contribution in [0.1, 0.15) is 38.4 Å². The summed E-state index contributed by atoms with van der Waals surface area (Å²) in [6.45, 7) is 6.35. The largest absolute Gasteiger partial charge is 0.386 e. The second-order valence-electron chi connectivity index (χ2n) is 4.77. The summed E-state index contributed by atoms with van der Waals surface area (Å²) in [6, 6.07) is 3.63. The molecule has 1 atom stereocenters. The number of hydrogen-bond donors (Lipinski definition) is 2. The first-order valence-corrected chi connectivity index (χ1v) is 7.26. The van der Waals surface area contributed by atoms with Gasteiger partial charge in [0.25, 0.3) is 0 Å². The Kier molecular flexibility index (Phi) is 11.2. The fraction of sp³-hybridized carbons (Fsp3) is 0.600. The number of pyridine rings is 1. The first-order valence-electron chi connectivity index (χ1n) is 7.26. The summed E-state index contributed by atoms with van der Waals surface area (Å²) in [6.07, 6.45) is 5.06. The van der Waals surface area contributed by atoms with E-state index in [0.29, 0.717) is 6.54 Å². The van der Waals surface area contributed by atoms with Gasteiger partial charge >= 0.3 is 0 Å². The van der Waals surface area contributed by atoms with Crippen LogP contribution in [0.3, 0.4) is 0 Å². The molecular formula is C15H27IN4O. The van der Waals surface area contributed by atoms with E-state index in [0.717, 1.165) is 37.5 Å². The number of aliphatic hydroxyl groups is 1. The molecule has 21 heavy (non-hydrogen) atoms. The van der Waals surface area contributed by atoms with Crippen LogP contribution in [0.4, 0.5) is 0 Å². The Bertz CT molecular complexity index is 400. The van der Waals surface area contributed by atoms with E-state index >= 15 is 0 Å². The summed E-state index contributed by atoms with van der Waals surface area (Å²) in [5.41, 5.74) is 0.843. The van der Waals surface area contributed by atoms with Crippen LogP contribution in [0, 0.1) is 0 Å². The van der Waals surface area contributed by atoms with Gasteiger partial charge < -0.3 is 15.3 Å². The molecule has 0 radical (unpaired) electrons. The minimum absolute atomic E-state index is 0. The highest BCUT2D eigenvalue weighted by Crippen LogP contribution is 2.11. The van der Waals surface area contributed by atoms with Crippen molar-refractivity contribution in [2.45, 2.75) is 32.8 Å². The van der Waals surface area contributed by atoms with Crippen molar-refractivity contribution in [3.63, 3.8) is 0 Å². The molecule has 0 saturated heterocycles. The molecule has 120 valence electrons. The predicted octanol–water partition coefficient (Wildman–Crippen LogP) is 2.43. The number of halogens is 1.